The van der Waals surface area contributed by atoms with E-state index >= 15 is 0 Å². The standard InChI is InChI=1S/C16H14ClN3/c1-11-19-15(17)9-16(20-11)18-10-13-7-4-6-12-5-2-3-8-14(12)13/h2-9H,10H2,1H3,(H,18,19,20). The Hall–Kier alpha value is -2.13. The molecule has 0 atom stereocenters. The van der Waals surface area contributed by atoms with E-state index in [1.165, 1.54) is 16.3 Å². The molecule has 4 heteroatoms. The SMILES string of the molecule is Cc1nc(Cl)cc(NCc2cccc3ccccc23)n1. The van der Waals surface area contributed by atoms with Gasteiger partial charge in [0.15, 0.2) is 0 Å². The van der Waals surface area contributed by atoms with Crippen LogP contribution in [0, 0.1) is 6.92 Å². The summed E-state index contributed by atoms with van der Waals surface area (Å²) in [5, 5.41) is 6.24. The third kappa shape index (κ3) is 2.73. The van der Waals surface area contributed by atoms with Crippen LogP contribution in [0.3, 0.4) is 0 Å². The minimum absolute atomic E-state index is 0.456. The van der Waals surface area contributed by atoms with E-state index in [2.05, 4.69) is 51.7 Å². The molecule has 1 heterocycles. The molecule has 0 fully saturated rings. The molecule has 0 bridgehead atoms. The first-order valence-electron chi connectivity index (χ1n) is 6.44. The van der Waals surface area contributed by atoms with Gasteiger partial charge in [0.05, 0.1) is 0 Å². The first-order chi connectivity index (χ1) is 9.72. The first kappa shape index (κ1) is 12.9. The van der Waals surface area contributed by atoms with E-state index in [0.717, 1.165) is 5.82 Å². The van der Waals surface area contributed by atoms with Crippen molar-refractivity contribution < 1.29 is 0 Å². The van der Waals surface area contributed by atoms with Gasteiger partial charge in [-0.25, -0.2) is 9.97 Å². The van der Waals surface area contributed by atoms with Crippen molar-refractivity contribution in [3.8, 4) is 0 Å². The lowest BCUT2D eigenvalue weighted by atomic mass is 10.0. The first-order valence-corrected chi connectivity index (χ1v) is 6.82. The van der Waals surface area contributed by atoms with Crippen molar-refractivity contribution in [3.63, 3.8) is 0 Å². The molecule has 1 aromatic heterocycles. The van der Waals surface area contributed by atoms with E-state index in [9.17, 15) is 0 Å². The fraction of sp³-hybridized carbons (Fsp3) is 0.125. The minimum Gasteiger partial charge on any atom is -0.366 e. The number of halogens is 1. The van der Waals surface area contributed by atoms with E-state index in [-0.39, 0.29) is 0 Å². The van der Waals surface area contributed by atoms with E-state index in [4.69, 9.17) is 11.6 Å². The molecule has 0 saturated carbocycles. The van der Waals surface area contributed by atoms with Crippen LogP contribution in [0.15, 0.2) is 48.5 Å². The van der Waals surface area contributed by atoms with Gasteiger partial charge in [-0.3, -0.25) is 0 Å². The van der Waals surface area contributed by atoms with Gasteiger partial charge in [0.25, 0.3) is 0 Å². The Morgan fingerprint density at radius 1 is 1.05 bits per heavy atom. The molecule has 0 aliphatic rings. The van der Waals surface area contributed by atoms with Gasteiger partial charge in [-0.15, -0.1) is 0 Å². The van der Waals surface area contributed by atoms with Crippen molar-refractivity contribution in [1.29, 1.82) is 0 Å². The second kappa shape index (κ2) is 5.47. The fourth-order valence-electron chi connectivity index (χ4n) is 2.25. The van der Waals surface area contributed by atoms with Crippen molar-refractivity contribution >= 4 is 28.2 Å². The summed E-state index contributed by atoms with van der Waals surface area (Å²) in [6.07, 6.45) is 0. The number of aryl methyl sites for hydroxylation is 1. The van der Waals surface area contributed by atoms with Crippen molar-refractivity contribution in [1.82, 2.24) is 9.97 Å². The normalized spacial score (nSPS) is 10.7. The number of nitrogens with zero attached hydrogens (tertiary/aromatic N) is 2. The van der Waals surface area contributed by atoms with Crippen LogP contribution in [0.1, 0.15) is 11.4 Å². The Balaban J connectivity index is 1.87. The summed E-state index contributed by atoms with van der Waals surface area (Å²) in [7, 11) is 0. The van der Waals surface area contributed by atoms with Crippen molar-refractivity contribution in [2.75, 3.05) is 5.32 Å². The Labute approximate surface area is 122 Å². The van der Waals surface area contributed by atoms with Gasteiger partial charge in [-0.1, -0.05) is 54.1 Å². The van der Waals surface area contributed by atoms with Crippen LogP contribution in [-0.4, -0.2) is 9.97 Å². The lowest BCUT2D eigenvalue weighted by Gasteiger charge is -2.09. The van der Waals surface area contributed by atoms with Gasteiger partial charge < -0.3 is 5.32 Å². The highest BCUT2D eigenvalue weighted by Crippen LogP contribution is 2.20. The molecule has 20 heavy (non-hydrogen) atoms. The topological polar surface area (TPSA) is 37.8 Å². The van der Waals surface area contributed by atoms with Crippen LogP contribution in [0.4, 0.5) is 5.82 Å². The van der Waals surface area contributed by atoms with Crippen molar-refractivity contribution in [3.05, 3.63) is 65.1 Å². The quantitative estimate of drug-likeness (QED) is 0.732. The molecule has 0 spiro atoms. The molecule has 2 aromatic carbocycles. The van der Waals surface area contributed by atoms with Gasteiger partial charge in [0, 0.05) is 12.6 Å². The minimum atomic E-state index is 0.456. The lowest BCUT2D eigenvalue weighted by Crippen LogP contribution is -2.03. The Bertz CT molecular complexity index is 730. The van der Waals surface area contributed by atoms with E-state index in [1.807, 2.05) is 13.0 Å². The summed E-state index contributed by atoms with van der Waals surface area (Å²) in [6.45, 7) is 2.53. The van der Waals surface area contributed by atoms with Gasteiger partial charge >= 0.3 is 0 Å². The molecular formula is C16H14ClN3. The van der Waals surface area contributed by atoms with Gasteiger partial charge in [-0.05, 0) is 23.3 Å². The smallest absolute Gasteiger partial charge is 0.134 e. The number of aromatic nitrogens is 2. The highest BCUT2D eigenvalue weighted by molar-refractivity contribution is 6.29. The number of hydrogen-bond acceptors (Lipinski definition) is 3. The van der Waals surface area contributed by atoms with E-state index in [0.29, 0.717) is 17.5 Å². The molecule has 100 valence electrons. The molecule has 3 nitrogen and oxygen atoms in total. The number of hydrogen-bond donors (Lipinski definition) is 1. The molecule has 3 aromatic rings. The van der Waals surface area contributed by atoms with Crippen LogP contribution in [0.2, 0.25) is 5.15 Å². The van der Waals surface area contributed by atoms with Crippen LogP contribution in [-0.2, 0) is 6.54 Å². The fourth-order valence-corrected chi connectivity index (χ4v) is 2.48. The maximum Gasteiger partial charge on any atom is 0.134 e. The highest BCUT2D eigenvalue weighted by atomic mass is 35.5. The second-order valence-corrected chi connectivity index (χ2v) is 5.00. The molecule has 0 radical (unpaired) electrons. The second-order valence-electron chi connectivity index (χ2n) is 4.61. The molecular weight excluding hydrogens is 270 g/mol. The van der Waals surface area contributed by atoms with Crippen LogP contribution >= 0.6 is 11.6 Å². The molecule has 0 saturated heterocycles. The van der Waals surface area contributed by atoms with Crippen molar-refractivity contribution in [2.45, 2.75) is 13.5 Å². The average molecular weight is 284 g/mol. The third-order valence-electron chi connectivity index (χ3n) is 3.15. The Kier molecular flexibility index (Phi) is 3.52. The maximum absolute atomic E-state index is 5.94. The zero-order valence-corrected chi connectivity index (χ0v) is 11.9. The summed E-state index contributed by atoms with van der Waals surface area (Å²) in [4.78, 5) is 8.38. The van der Waals surface area contributed by atoms with Crippen LogP contribution < -0.4 is 5.32 Å². The zero-order chi connectivity index (χ0) is 13.9. The monoisotopic (exact) mass is 283 g/mol. The lowest BCUT2D eigenvalue weighted by molar-refractivity contribution is 1.03. The largest absolute Gasteiger partial charge is 0.366 e. The summed E-state index contributed by atoms with van der Waals surface area (Å²) in [5.74, 6) is 1.41. The van der Waals surface area contributed by atoms with Crippen LogP contribution in [0.25, 0.3) is 10.8 Å². The highest BCUT2D eigenvalue weighted by Gasteiger charge is 2.02. The third-order valence-corrected chi connectivity index (χ3v) is 3.34. The molecule has 0 aliphatic carbocycles. The number of rotatable bonds is 3. The predicted octanol–water partition coefficient (Wildman–Crippen LogP) is 4.20. The molecule has 3 rings (SSSR count). The summed E-state index contributed by atoms with van der Waals surface area (Å²) >= 11 is 5.94. The molecule has 0 unspecified atom stereocenters. The Morgan fingerprint density at radius 2 is 1.85 bits per heavy atom. The molecule has 0 aliphatic heterocycles. The van der Waals surface area contributed by atoms with E-state index < -0.39 is 0 Å². The summed E-state index contributed by atoms with van der Waals surface area (Å²) < 4.78 is 0. The van der Waals surface area contributed by atoms with Gasteiger partial charge in [0.1, 0.15) is 16.8 Å². The van der Waals surface area contributed by atoms with Crippen molar-refractivity contribution in [2.24, 2.45) is 0 Å². The van der Waals surface area contributed by atoms with Gasteiger partial charge in [0.2, 0.25) is 0 Å². The number of anilines is 1. The summed E-state index contributed by atoms with van der Waals surface area (Å²) in [5.41, 5.74) is 1.23. The van der Waals surface area contributed by atoms with Gasteiger partial charge in [-0.2, -0.15) is 0 Å². The molecule has 1 N–H and O–H groups in total. The zero-order valence-electron chi connectivity index (χ0n) is 11.1. The Morgan fingerprint density at radius 3 is 2.70 bits per heavy atom. The van der Waals surface area contributed by atoms with E-state index in [1.54, 1.807) is 6.07 Å². The van der Waals surface area contributed by atoms with Crippen LogP contribution in [0.5, 0.6) is 0 Å². The maximum atomic E-state index is 5.94. The number of benzene rings is 2. The summed E-state index contributed by atoms with van der Waals surface area (Å²) in [6, 6.07) is 16.4. The predicted molar refractivity (Wildman–Crippen MR) is 83.1 cm³/mol. The molecule has 0 amide bonds. The average Bonchev–Trinajstić information content (AvgIpc) is 2.44. The number of nitrogens with one attached hydrogen (secondary N) is 1. The number of fused-ring (bicyclic) bond motifs is 1.